The molecule has 1 aliphatic carbocycles. The van der Waals surface area contributed by atoms with Gasteiger partial charge in [-0.15, -0.1) is 0 Å². The smallest absolute Gasteiger partial charge is 0.234 e. The Kier molecular flexibility index (Phi) is 3.26. The zero-order valence-corrected chi connectivity index (χ0v) is 11.8. The van der Waals surface area contributed by atoms with E-state index in [9.17, 15) is 4.79 Å². The van der Waals surface area contributed by atoms with E-state index >= 15 is 0 Å². The third-order valence-corrected chi connectivity index (χ3v) is 4.30. The number of carbonyl (C=O) groups excluding carboxylic acids is 1. The topological polar surface area (TPSA) is 23.6 Å². The van der Waals surface area contributed by atoms with Gasteiger partial charge in [-0.3, -0.25) is 4.79 Å². The molecule has 1 aliphatic heterocycles. The molecule has 0 unspecified atom stereocenters. The summed E-state index contributed by atoms with van der Waals surface area (Å²) in [6, 6.07) is 0.535. The number of amides is 1. The van der Waals surface area contributed by atoms with E-state index in [2.05, 4.69) is 18.1 Å². The Bertz CT molecular complexity index is 391. The molecule has 2 rings (SSSR count). The maximum absolute atomic E-state index is 12.4. The fraction of sp³-hybridized carbons (Fsp3) is 0.667. The van der Waals surface area contributed by atoms with Crippen molar-refractivity contribution in [3.8, 4) is 0 Å². The highest BCUT2D eigenvalue weighted by atomic mass is 16.2. The highest BCUT2D eigenvalue weighted by Gasteiger charge is 2.40. The Morgan fingerprint density at radius 1 is 1.17 bits per heavy atom. The van der Waals surface area contributed by atoms with Gasteiger partial charge in [0.2, 0.25) is 5.91 Å². The van der Waals surface area contributed by atoms with Gasteiger partial charge in [-0.2, -0.15) is 0 Å². The van der Waals surface area contributed by atoms with Crippen LogP contribution in [-0.4, -0.2) is 35.3 Å². The normalized spacial score (nSPS) is 25.8. The Balaban J connectivity index is 2.32. The van der Waals surface area contributed by atoms with Crippen molar-refractivity contribution in [3.05, 3.63) is 24.6 Å². The fourth-order valence-corrected chi connectivity index (χ4v) is 3.09. The van der Waals surface area contributed by atoms with Crippen LogP contribution in [0.4, 0.5) is 0 Å². The summed E-state index contributed by atoms with van der Waals surface area (Å²) >= 11 is 0. The summed E-state index contributed by atoms with van der Waals surface area (Å²) in [6.07, 6.45) is 4.98. The molecule has 1 amide bonds. The van der Waals surface area contributed by atoms with Crippen molar-refractivity contribution < 1.29 is 4.79 Å². The molecule has 0 spiro atoms. The van der Waals surface area contributed by atoms with E-state index in [1.165, 1.54) is 25.7 Å². The SMILES string of the molecule is C=C1C(=C)N(C2CCCC2)CC(C)(C)C(=O)N1C. The summed E-state index contributed by atoms with van der Waals surface area (Å²) in [6.45, 7) is 13.0. The molecule has 2 aliphatic rings. The van der Waals surface area contributed by atoms with Crippen molar-refractivity contribution in [1.29, 1.82) is 0 Å². The molecule has 18 heavy (non-hydrogen) atoms. The lowest BCUT2D eigenvalue weighted by Gasteiger charge is -2.35. The van der Waals surface area contributed by atoms with Crippen molar-refractivity contribution in [2.24, 2.45) is 5.41 Å². The second-order valence-corrected chi connectivity index (χ2v) is 6.21. The second kappa shape index (κ2) is 4.45. The molecular formula is C15H24N2O. The third-order valence-electron chi connectivity index (χ3n) is 4.30. The molecule has 3 heteroatoms. The first-order valence-electron chi connectivity index (χ1n) is 6.77. The number of hydrogen-bond donors (Lipinski definition) is 0. The minimum absolute atomic E-state index is 0.133. The van der Waals surface area contributed by atoms with Gasteiger partial charge in [0.1, 0.15) is 0 Å². The van der Waals surface area contributed by atoms with Crippen molar-refractivity contribution in [2.75, 3.05) is 13.6 Å². The first kappa shape index (κ1) is 13.2. The van der Waals surface area contributed by atoms with Crippen LogP contribution in [-0.2, 0) is 4.79 Å². The minimum atomic E-state index is -0.375. The Labute approximate surface area is 110 Å². The van der Waals surface area contributed by atoms with Gasteiger partial charge in [0.05, 0.1) is 16.8 Å². The van der Waals surface area contributed by atoms with Crippen molar-refractivity contribution in [3.63, 3.8) is 0 Å². The summed E-state index contributed by atoms with van der Waals surface area (Å²) in [5, 5.41) is 0. The first-order chi connectivity index (χ1) is 8.34. The zero-order chi connectivity index (χ0) is 13.5. The molecule has 0 bridgehead atoms. The lowest BCUT2D eigenvalue weighted by atomic mass is 9.91. The maximum atomic E-state index is 12.4. The molecule has 3 nitrogen and oxygen atoms in total. The third kappa shape index (κ3) is 2.06. The number of likely N-dealkylation sites (N-methyl/N-ethyl adjacent to an activating group) is 1. The van der Waals surface area contributed by atoms with Crippen LogP contribution >= 0.6 is 0 Å². The monoisotopic (exact) mass is 248 g/mol. The van der Waals surface area contributed by atoms with Gasteiger partial charge in [-0.1, -0.05) is 26.0 Å². The molecule has 100 valence electrons. The maximum Gasteiger partial charge on any atom is 0.234 e. The lowest BCUT2D eigenvalue weighted by Crippen LogP contribution is -2.42. The molecular weight excluding hydrogens is 224 g/mol. The van der Waals surface area contributed by atoms with Gasteiger partial charge in [-0.25, -0.2) is 0 Å². The minimum Gasteiger partial charge on any atom is -0.366 e. The van der Waals surface area contributed by atoms with Crippen molar-refractivity contribution in [1.82, 2.24) is 9.80 Å². The molecule has 0 aromatic carbocycles. The summed E-state index contributed by atoms with van der Waals surface area (Å²) < 4.78 is 0. The number of rotatable bonds is 1. The summed E-state index contributed by atoms with van der Waals surface area (Å²) in [7, 11) is 1.80. The van der Waals surface area contributed by atoms with Gasteiger partial charge in [0.15, 0.2) is 0 Å². The molecule has 0 radical (unpaired) electrons. The Hall–Kier alpha value is -1.25. The van der Waals surface area contributed by atoms with Crippen LogP contribution in [0, 0.1) is 5.41 Å². The predicted octanol–water partition coefficient (Wildman–Crippen LogP) is 2.76. The second-order valence-electron chi connectivity index (χ2n) is 6.21. The molecule has 0 N–H and O–H groups in total. The Morgan fingerprint density at radius 2 is 1.72 bits per heavy atom. The quantitative estimate of drug-likeness (QED) is 0.712. The van der Waals surface area contributed by atoms with E-state index in [0.29, 0.717) is 6.04 Å². The van der Waals surface area contributed by atoms with E-state index in [4.69, 9.17) is 0 Å². The highest BCUT2D eigenvalue weighted by Crippen LogP contribution is 2.36. The van der Waals surface area contributed by atoms with Gasteiger partial charge >= 0.3 is 0 Å². The van der Waals surface area contributed by atoms with Gasteiger partial charge in [-0.05, 0) is 26.7 Å². The van der Waals surface area contributed by atoms with E-state index in [-0.39, 0.29) is 11.3 Å². The van der Waals surface area contributed by atoms with Crippen LogP contribution in [0.5, 0.6) is 0 Å². The van der Waals surface area contributed by atoms with Crippen LogP contribution in [0.25, 0.3) is 0 Å². The lowest BCUT2D eigenvalue weighted by molar-refractivity contribution is -0.136. The molecule has 1 saturated heterocycles. The van der Waals surface area contributed by atoms with Gasteiger partial charge in [0.25, 0.3) is 0 Å². The van der Waals surface area contributed by atoms with Crippen LogP contribution in [0.3, 0.4) is 0 Å². The van der Waals surface area contributed by atoms with E-state index < -0.39 is 0 Å². The van der Waals surface area contributed by atoms with Crippen molar-refractivity contribution in [2.45, 2.75) is 45.6 Å². The first-order valence-corrected chi connectivity index (χ1v) is 6.77. The molecule has 0 atom stereocenters. The van der Waals surface area contributed by atoms with Crippen LogP contribution in [0.15, 0.2) is 24.6 Å². The van der Waals surface area contributed by atoms with Crippen LogP contribution < -0.4 is 0 Å². The van der Waals surface area contributed by atoms with Crippen LogP contribution in [0.1, 0.15) is 39.5 Å². The van der Waals surface area contributed by atoms with Crippen molar-refractivity contribution >= 4 is 5.91 Å². The zero-order valence-electron chi connectivity index (χ0n) is 11.8. The van der Waals surface area contributed by atoms with E-state index in [0.717, 1.165) is 17.9 Å². The van der Waals surface area contributed by atoms with Crippen LogP contribution in [0.2, 0.25) is 0 Å². The van der Waals surface area contributed by atoms with Gasteiger partial charge in [0, 0.05) is 19.6 Å². The number of nitrogens with zero attached hydrogens (tertiary/aromatic N) is 2. The Morgan fingerprint density at radius 3 is 2.28 bits per heavy atom. The average Bonchev–Trinajstić information content (AvgIpc) is 2.83. The largest absolute Gasteiger partial charge is 0.366 e. The molecule has 1 saturated carbocycles. The van der Waals surface area contributed by atoms with Gasteiger partial charge < -0.3 is 9.80 Å². The van der Waals surface area contributed by atoms with E-state index in [1.54, 1.807) is 11.9 Å². The standard InChI is InChI=1S/C15H24N2O/c1-11-12(2)17(13-8-6-7-9-13)10-15(3,4)14(18)16(11)5/h13H,1-2,6-10H2,3-5H3. The highest BCUT2D eigenvalue weighted by molar-refractivity contribution is 5.84. The average molecular weight is 248 g/mol. The molecule has 2 fully saturated rings. The summed E-state index contributed by atoms with van der Waals surface area (Å²) in [4.78, 5) is 16.4. The summed E-state index contributed by atoms with van der Waals surface area (Å²) in [5.74, 6) is 0.133. The number of carbonyl (C=O) groups is 1. The fourth-order valence-electron chi connectivity index (χ4n) is 3.09. The van der Waals surface area contributed by atoms with E-state index in [1.807, 2.05) is 13.8 Å². The molecule has 1 heterocycles. The summed E-state index contributed by atoms with van der Waals surface area (Å²) in [5.41, 5.74) is 1.29. The molecule has 0 aromatic rings. The molecule has 0 aromatic heterocycles. The number of hydrogen-bond acceptors (Lipinski definition) is 2. The predicted molar refractivity (Wildman–Crippen MR) is 73.8 cm³/mol.